The molecule has 1 saturated heterocycles. The van der Waals surface area contributed by atoms with Gasteiger partial charge in [0.05, 0.1) is 19.5 Å². The van der Waals surface area contributed by atoms with Crippen molar-refractivity contribution in [3.8, 4) is 0 Å². The van der Waals surface area contributed by atoms with Gasteiger partial charge < -0.3 is 56.0 Å². The molecule has 26 nitrogen and oxygen atoms in total. The zero-order chi connectivity index (χ0) is 42.2. The quantitative estimate of drug-likeness (QED) is 0.0376. The third kappa shape index (κ3) is 13.6. The fraction of sp³-hybridized carbons (Fsp3) is 0.654. The number of carboxylic acid groups (broad SMARTS) is 1. The molecule has 56 heavy (non-hydrogen) atoms. The molecule has 0 saturated carbocycles. The summed E-state index contributed by atoms with van der Waals surface area (Å²) in [6.45, 7) is 1.68. The molecule has 0 bridgehead atoms. The Hall–Kier alpha value is -2.97. The van der Waals surface area contributed by atoms with Crippen LogP contribution in [0.2, 0.25) is 0 Å². The number of hydrogen-bond acceptors (Lipinski definition) is 19. The zero-order valence-electron chi connectivity index (χ0n) is 29.7. The summed E-state index contributed by atoms with van der Waals surface area (Å²) in [6.07, 6.45) is -7.01. The number of carbonyl (C=O) groups excluding carboxylic acids is 3. The number of rotatable bonds is 22. The average Bonchev–Trinajstić information content (AvgIpc) is 3.64. The number of nitrogens with one attached hydrogen (secondary N) is 2. The number of nitrogens with zero attached hydrogens (tertiary/aromatic N) is 4. The van der Waals surface area contributed by atoms with E-state index in [4.69, 9.17) is 24.6 Å². The van der Waals surface area contributed by atoms with E-state index >= 15 is 0 Å². The van der Waals surface area contributed by atoms with Crippen molar-refractivity contribution in [3.05, 3.63) is 12.7 Å². The van der Waals surface area contributed by atoms with Gasteiger partial charge in [-0.1, -0.05) is 32.5 Å². The standard InChI is InChI=1S/C26H42N7O19P3S/c1-4-13(24(38)39)25(40)56-8-7-28-15(34)5-6-29-22(37)19(36)26(2,3)10-49-55(46,47)52-54(44,45)48-9-14-18(51-53(41,42)43)17(35)23(50-14)33-12-32-16-20(27)30-11-31-21(16)33/h11-14,17-19,23,35-36H,4-10H2,1-3H3,(H,28,34)(H,29,37)(H,38,39)(H,44,45)(H,46,47)(H2,27,30,31)(H2,41,42,43). The molecule has 11 N–H and O–H groups in total. The molecule has 2 amide bonds. The van der Waals surface area contributed by atoms with Crippen LogP contribution in [0, 0.1) is 11.3 Å². The number of thioether (sulfide) groups is 1. The number of carbonyl (C=O) groups is 4. The molecule has 30 heteroatoms. The molecule has 3 rings (SSSR count). The molecule has 316 valence electrons. The highest BCUT2D eigenvalue weighted by Gasteiger charge is 2.50. The molecular formula is C26H42N7O19P3S. The first kappa shape index (κ1) is 47.4. The van der Waals surface area contributed by atoms with Gasteiger partial charge >= 0.3 is 29.4 Å². The van der Waals surface area contributed by atoms with E-state index in [9.17, 15) is 62.7 Å². The molecule has 3 heterocycles. The van der Waals surface area contributed by atoms with Gasteiger partial charge in [0, 0.05) is 30.7 Å². The van der Waals surface area contributed by atoms with Crippen molar-refractivity contribution in [2.45, 2.75) is 64.3 Å². The first-order valence-electron chi connectivity index (χ1n) is 16.2. The lowest BCUT2D eigenvalue weighted by Gasteiger charge is -2.30. The molecule has 2 aromatic heterocycles. The highest BCUT2D eigenvalue weighted by atomic mass is 32.2. The second-order valence-corrected chi connectivity index (χ2v) is 17.9. The largest absolute Gasteiger partial charge is 0.481 e. The lowest BCUT2D eigenvalue weighted by molar-refractivity contribution is -0.144. The summed E-state index contributed by atoms with van der Waals surface area (Å²) in [7, 11) is -16.5. The van der Waals surface area contributed by atoms with Crippen molar-refractivity contribution in [3.63, 3.8) is 0 Å². The Bertz CT molecular complexity index is 1880. The lowest BCUT2D eigenvalue weighted by atomic mass is 9.87. The molecule has 0 aliphatic carbocycles. The molecule has 8 unspecified atom stereocenters. The van der Waals surface area contributed by atoms with Crippen molar-refractivity contribution in [1.29, 1.82) is 0 Å². The molecule has 8 atom stereocenters. The summed E-state index contributed by atoms with van der Waals surface area (Å²) in [6, 6.07) is 0. The number of aromatic nitrogens is 4. The summed E-state index contributed by atoms with van der Waals surface area (Å²) < 4.78 is 61.9. The minimum Gasteiger partial charge on any atom is -0.481 e. The number of ether oxygens (including phenoxy) is 1. The summed E-state index contributed by atoms with van der Waals surface area (Å²) in [4.78, 5) is 98.4. The smallest absolute Gasteiger partial charge is 0.481 e. The van der Waals surface area contributed by atoms with Gasteiger partial charge in [0.1, 0.15) is 42.2 Å². The molecule has 1 aliphatic rings. The first-order chi connectivity index (χ1) is 25.9. The average molecular weight is 882 g/mol. The molecule has 2 aromatic rings. The van der Waals surface area contributed by atoms with Crippen molar-refractivity contribution >= 4 is 75.1 Å². The number of nitrogens with two attached hydrogens (primary N) is 1. The van der Waals surface area contributed by atoms with Crippen LogP contribution >= 0.6 is 35.2 Å². The van der Waals surface area contributed by atoms with Gasteiger partial charge in [-0.15, -0.1) is 0 Å². The van der Waals surface area contributed by atoms with Gasteiger partial charge in [-0.05, 0) is 6.42 Å². The number of aliphatic hydroxyl groups excluding tert-OH is 2. The van der Waals surface area contributed by atoms with Crippen molar-refractivity contribution in [2.75, 3.05) is 37.8 Å². The number of anilines is 1. The van der Waals surface area contributed by atoms with Gasteiger partial charge in [0.2, 0.25) is 16.9 Å². The molecular weight excluding hydrogens is 839 g/mol. The van der Waals surface area contributed by atoms with Crippen LogP contribution in [0.15, 0.2) is 12.7 Å². The van der Waals surface area contributed by atoms with Gasteiger partial charge in [-0.25, -0.2) is 28.6 Å². The van der Waals surface area contributed by atoms with E-state index < -0.39 is 102 Å². The Morgan fingerprint density at radius 3 is 2.34 bits per heavy atom. The number of fused-ring (bicyclic) bond motifs is 1. The first-order valence-corrected chi connectivity index (χ1v) is 21.7. The van der Waals surface area contributed by atoms with Crippen LogP contribution in [0.1, 0.15) is 39.8 Å². The van der Waals surface area contributed by atoms with Gasteiger partial charge in [-0.3, -0.25) is 37.3 Å². The Balaban J connectivity index is 1.49. The maximum atomic E-state index is 12.7. The Labute approximate surface area is 321 Å². The zero-order valence-corrected chi connectivity index (χ0v) is 33.2. The van der Waals surface area contributed by atoms with E-state index in [1.807, 2.05) is 0 Å². The minimum absolute atomic E-state index is 0.0186. The van der Waals surface area contributed by atoms with E-state index in [-0.39, 0.29) is 48.7 Å². The monoisotopic (exact) mass is 881 g/mol. The number of imidazole rings is 1. The summed E-state index contributed by atoms with van der Waals surface area (Å²) >= 11 is 0.750. The third-order valence-electron chi connectivity index (χ3n) is 7.74. The van der Waals surface area contributed by atoms with E-state index in [1.165, 1.54) is 13.8 Å². The normalized spacial score (nSPS) is 22.2. The van der Waals surface area contributed by atoms with Crippen LogP contribution in [0.5, 0.6) is 0 Å². The molecule has 1 fully saturated rings. The minimum atomic E-state index is -5.59. The fourth-order valence-corrected chi connectivity index (χ4v) is 8.53. The van der Waals surface area contributed by atoms with Gasteiger partial charge in [0.25, 0.3) is 0 Å². The molecule has 0 aromatic carbocycles. The topological polar surface area (TPSA) is 401 Å². The number of carboxylic acids is 1. The van der Waals surface area contributed by atoms with Crippen molar-refractivity contribution in [2.24, 2.45) is 11.3 Å². The van der Waals surface area contributed by atoms with Gasteiger partial charge in [-0.2, -0.15) is 4.31 Å². The second-order valence-electron chi connectivity index (χ2n) is 12.5. The van der Waals surface area contributed by atoms with Crippen LogP contribution in [-0.2, 0) is 55.5 Å². The maximum absolute atomic E-state index is 12.7. The number of nitrogen functional groups attached to an aromatic ring is 1. The van der Waals surface area contributed by atoms with Gasteiger partial charge in [0.15, 0.2) is 17.7 Å². The third-order valence-corrected chi connectivity index (χ3v) is 11.8. The highest BCUT2D eigenvalue weighted by molar-refractivity contribution is 8.13. The Kier molecular flexibility index (Phi) is 16.6. The number of aliphatic carboxylic acids is 1. The lowest BCUT2D eigenvalue weighted by Crippen LogP contribution is -2.46. The van der Waals surface area contributed by atoms with E-state index in [1.54, 1.807) is 6.92 Å². The number of amides is 2. The highest BCUT2D eigenvalue weighted by Crippen LogP contribution is 2.61. The predicted molar refractivity (Wildman–Crippen MR) is 189 cm³/mol. The van der Waals surface area contributed by atoms with E-state index in [0.717, 1.165) is 29.0 Å². The molecule has 0 radical (unpaired) electrons. The van der Waals surface area contributed by atoms with E-state index in [2.05, 4.69) is 34.4 Å². The second kappa shape index (κ2) is 19.7. The molecule has 0 spiro atoms. The van der Waals surface area contributed by atoms with Crippen LogP contribution in [0.4, 0.5) is 5.82 Å². The van der Waals surface area contributed by atoms with Crippen LogP contribution < -0.4 is 16.4 Å². The number of phosphoric acid groups is 3. The molecule has 1 aliphatic heterocycles. The summed E-state index contributed by atoms with van der Waals surface area (Å²) in [5, 5.41) is 34.6. The SMILES string of the molecule is CCC(C(=O)O)C(=O)SCCNC(=O)CCNC(=O)C(O)C(C)(C)COP(=O)(O)OP(=O)(O)OCC1OC(n2cnc3c(N)ncnc32)C(O)C1OP(=O)(O)O. The maximum Gasteiger partial charge on any atom is 0.481 e. The summed E-state index contributed by atoms with van der Waals surface area (Å²) in [5.74, 6) is -3.92. The van der Waals surface area contributed by atoms with E-state index in [0.29, 0.717) is 0 Å². The van der Waals surface area contributed by atoms with Crippen molar-refractivity contribution < 1.29 is 90.4 Å². The number of hydrogen-bond donors (Lipinski definition) is 10. The van der Waals surface area contributed by atoms with Crippen molar-refractivity contribution in [1.82, 2.24) is 30.2 Å². The number of phosphoric ester groups is 3. The van der Waals surface area contributed by atoms with Crippen LogP contribution in [-0.4, -0.2) is 134 Å². The predicted octanol–water partition coefficient (Wildman–Crippen LogP) is -1.22. The van der Waals surface area contributed by atoms with Crippen LogP contribution in [0.3, 0.4) is 0 Å². The Morgan fingerprint density at radius 1 is 1.05 bits per heavy atom. The summed E-state index contributed by atoms with van der Waals surface area (Å²) in [5.41, 5.74) is 4.19. The van der Waals surface area contributed by atoms with Crippen LogP contribution in [0.25, 0.3) is 11.2 Å². The Morgan fingerprint density at radius 2 is 1.71 bits per heavy atom. The number of aliphatic hydroxyl groups is 2. The fourth-order valence-electron chi connectivity index (χ4n) is 4.82.